The van der Waals surface area contributed by atoms with Crippen LogP contribution in [0, 0.1) is 0 Å². The molecular weight excluding hydrogens is 248 g/mol. The summed E-state index contributed by atoms with van der Waals surface area (Å²) >= 11 is 0. The predicted molar refractivity (Wildman–Crippen MR) is 83.1 cm³/mol. The van der Waals surface area contributed by atoms with E-state index in [0.717, 1.165) is 6.92 Å². The van der Waals surface area contributed by atoms with Crippen LogP contribution in [0.4, 0.5) is 0 Å². The molecule has 0 saturated carbocycles. The molecule has 0 amide bonds. The molecule has 2 aromatic rings. The second-order valence-corrected chi connectivity index (χ2v) is 4.45. The Morgan fingerprint density at radius 2 is 1.55 bits per heavy atom. The van der Waals surface area contributed by atoms with Crippen molar-refractivity contribution >= 4 is 23.7 Å². The van der Waals surface area contributed by atoms with E-state index in [1.165, 1.54) is 22.3 Å². The summed E-state index contributed by atoms with van der Waals surface area (Å²) in [4.78, 5) is 9.00. The van der Waals surface area contributed by atoms with Crippen molar-refractivity contribution in [3.05, 3.63) is 77.4 Å². The molecule has 1 aliphatic carbocycles. The Morgan fingerprint density at radius 1 is 0.950 bits per heavy atom. The molecule has 3 rings (SSSR count). The van der Waals surface area contributed by atoms with Gasteiger partial charge in [0.25, 0.3) is 5.97 Å². The highest BCUT2D eigenvalue weighted by Crippen LogP contribution is 2.30. The largest absolute Gasteiger partial charge is 0.481 e. The Morgan fingerprint density at radius 3 is 2.25 bits per heavy atom. The van der Waals surface area contributed by atoms with Crippen molar-refractivity contribution in [3.63, 3.8) is 0 Å². The summed E-state index contributed by atoms with van der Waals surface area (Å²) in [5.41, 5.74) is 5.18. The van der Waals surface area contributed by atoms with E-state index in [0.29, 0.717) is 0 Å². The zero-order chi connectivity index (χ0) is 14.4. The highest BCUT2D eigenvalue weighted by molar-refractivity contribution is 5.97. The molecule has 0 radical (unpaired) electrons. The van der Waals surface area contributed by atoms with Crippen molar-refractivity contribution in [1.82, 2.24) is 0 Å². The Balaban J connectivity index is 0.000000328. The Hall–Kier alpha value is -2.61. The molecule has 0 unspecified atom stereocenters. The lowest BCUT2D eigenvalue weighted by molar-refractivity contribution is -0.134. The number of fused-ring (bicyclic) bond motifs is 1. The molecule has 2 heteroatoms. The van der Waals surface area contributed by atoms with E-state index in [1.54, 1.807) is 0 Å². The number of hydrogen-bond acceptors (Lipinski definition) is 1. The van der Waals surface area contributed by atoms with Crippen LogP contribution >= 0.6 is 0 Å². The SMILES string of the molecule is C1=Cc2ccccc2C1=Cc1ccccc1.CC(=O)O. The minimum atomic E-state index is -0.833. The standard InChI is InChI=1S/C16H12.C2H4O2/c1-2-6-13(7-3-1)12-15-11-10-14-8-4-5-9-16(14)15;1-2(3)4/h1-12H;1H3,(H,3,4). The summed E-state index contributed by atoms with van der Waals surface area (Å²) in [6, 6.07) is 18.9. The third-order valence-electron chi connectivity index (χ3n) is 2.84. The van der Waals surface area contributed by atoms with Gasteiger partial charge >= 0.3 is 0 Å². The van der Waals surface area contributed by atoms with Crippen LogP contribution in [0.3, 0.4) is 0 Å². The maximum absolute atomic E-state index is 9.00. The van der Waals surface area contributed by atoms with Gasteiger partial charge in [0.1, 0.15) is 0 Å². The van der Waals surface area contributed by atoms with E-state index in [9.17, 15) is 0 Å². The summed E-state index contributed by atoms with van der Waals surface area (Å²) in [5.74, 6) is -0.833. The van der Waals surface area contributed by atoms with Gasteiger partial charge in [-0.2, -0.15) is 0 Å². The lowest BCUT2D eigenvalue weighted by atomic mass is 10.0. The van der Waals surface area contributed by atoms with E-state index in [2.05, 4.69) is 66.8 Å². The maximum Gasteiger partial charge on any atom is 0.300 e. The van der Waals surface area contributed by atoms with Crippen LogP contribution in [-0.4, -0.2) is 11.1 Å². The predicted octanol–water partition coefficient (Wildman–Crippen LogP) is 4.34. The fourth-order valence-electron chi connectivity index (χ4n) is 2.03. The van der Waals surface area contributed by atoms with Gasteiger partial charge in [-0.05, 0) is 28.3 Å². The number of carboxylic acids is 1. The lowest BCUT2D eigenvalue weighted by Crippen LogP contribution is -1.79. The number of allylic oxidation sites excluding steroid dienone is 2. The van der Waals surface area contributed by atoms with Gasteiger partial charge < -0.3 is 5.11 Å². The zero-order valence-electron chi connectivity index (χ0n) is 11.3. The number of benzene rings is 2. The summed E-state index contributed by atoms with van der Waals surface area (Å²) in [7, 11) is 0. The minimum absolute atomic E-state index is 0.833. The molecule has 0 atom stereocenters. The van der Waals surface area contributed by atoms with Crippen LogP contribution in [0.15, 0.2) is 60.7 Å². The first-order chi connectivity index (χ1) is 9.66. The van der Waals surface area contributed by atoms with E-state index >= 15 is 0 Å². The molecule has 0 aliphatic heterocycles. The first kappa shape index (κ1) is 13.8. The van der Waals surface area contributed by atoms with Gasteiger partial charge in [0.2, 0.25) is 0 Å². The van der Waals surface area contributed by atoms with Gasteiger partial charge in [-0.25, -0.2) is 0 Å². The molecule has 0 aromatic heterocycles. The molecule has 1 aliphatic rings. The van der Waals surface area contributed by atoms with Crippen molar-refractivity contribution in [2.24, 2.45) is 0 Å². The van der Waals surface area contributed by atoms with E-state index in [4.69, 9.17) is 9.90 Å². The normalized spacial score (nSPS) is 13.6. The van der Waals surface area contributed by atoms with Crippen LogP contribution in [0.2, 0.25) is 0 Å². The van der Waals surface area contributed by atoms with E-state index < -0.39 is 5.97 Å². The summed E-state index contributed by atoms with van der Waals surface area (Å²) in [6.07, 6.45) is 6.57. The van der Waals surface area contributed by atoms with Gasteiger partial charge in [-0.15, -0.1) is 0 Å². The second kappa shape index (κ2) is 6.53. The van der Waals surface area contributed by atoms with Crippen molar-refractivity contribution in [1.29, 1.82) is 0 Å². The van der Waals surface area contributed by atoms with Crippen molar-refractivity contribution in [3.8, 4) is 0 Å². The molecular formula is C18H16O2. The number of hydrogen-bond donors (Lipinski definition) is 1. The third-order valence-corrected chi connectivity index (χ3v) is 2.84. The monoisotopic (exact) mass is 264 g/mol. The average Bonchev–Trinajstić information content (AvgIpc) is 2.83. The van der Waals surface area contributed by atoms with Crippen LogP contribution in [0.1, 0.15) is 23.6 Å². The molecule has 1 N–H and O–H groups in total. The number of carboxylic acid groups (broad SMARTS) is 1. The van der Waals surface area contributed by atoms with E-state index in [-0.39, 0.29) is 0 Å². The minimum Gasteiger partial charge on any atom is -0.481 e. The van der Waals surface area contributed by atoms with Crippen LogP contribution in [-0.2, 0) is 4.79 Å². The quantitative estimate of drug-likeness (QED) is 0.831. The number of aliphatic carboxylic acids is 1. The molecule has 0 fully saturated rings. The summed E-state index contributed by atoms with van der Waals surface area (Å²) < 4.78 is 0. The van der Waals surface area contributed by atoms with Gasteiger partial charge in [0, 0.05) is 6.92 Å². The van der Waals surface area contributed by atoms with Gasteiger partial charge in [0.15, 0.2) is 0 Å². The van der Waals surface area contributed by atoms with E-state index in [1.807, 2.05) is 6.07 Å². The highest BCUT2D eigenvalue weighted by atomic mass is 16.4. The molecule has 2 nitrogen and oxygen atoms in total. The fraction of sp³-hybridized carbons (Fsp3) is 0.0556. The van der Waals surface area contributed by atoms with Crippen LogP contribution in [0.25, 0.3) is 17.7 Å². The summed E-state index contributed by atoms with van der Waals surface area (Å²) in [6.45, 7) is 1.08. The Kier molecular flexibility index (Phi) is 4.51. The highest BCUT2D eigenvalue weighted by Gasteiger charge is 2.08. The Bertz CT molecular complexity index is 648. The summed E-state index contributed by atoms with van der Waals surface area (Å²) in [5, 5.41) is 7.42. The molecule has 2 aromatic carbocycles. The zero-order valence-corrected chi connectivity index (χ0v) is 11.3. The fourth-order valence-corrected chi connectivity index (χ4v) is 2.03. The van der Waals surface area contributed by atoms with Gasteiger partial charge in [-0.3, -0.25) is 4.79 Å². The third kappa shape index (κ3) is 3.69. The molecule has 20 heavy (non-hydrogen) atoms. The smallest absolute Gasteiger partial charge is 0.300 e. The van der Waals surface area contributed by atoms with Gasteiger partial charge in [-0.1, -0.05) is 66.7 Å². The van der Waals surface area contributed by atoms with Crippen LogP contribution < -0.4 is 0 Å². The first-order valence-electron chi connectivity index (χ1n) is 6.40. The number of carbonyl (C=O) groups is 1. The first-order valence-corrected chi connectivity index (χ1v) is 6.40. The molecule has 0 heterocycles. The molecule has 100 valence electrons. The average molecular weight is 264 g/mol. The number of rotatable bonds is 1. The van der Waals surface area contributed by atoms with Crippen molar-refractivity contribution in [2.75, 3.05) is 0 Å². The molecule has 0 spiro atoms. The second-order valence-electron chi connectivity index (χ2n) is 4.45. The lowest BCUT2D eigenvalue weighted by Gasteiger charge is -2.00. The maximum atomic E-state index is 9.00. The molecule has 0 bridgehead atoms. The van der Waals surface area contributed by atoms with Crippen LogP contribution in [0.5, 0.6) is 0 Å². The van der Waals surface area contributed by atoms with Crippen molar-refractivity contribution in [2.45, 2.75) is 6.92 Å². The Labute approximate surface area is 118 Å². The molecule has 0 saturated heterocycles. The van der Waals surface area contributed by atoms with Gasteiger partial charge in [0.05, 0.1) is 0 Å². The van der Waals surface area contributed by atoms with Crippen molar-refractivity contribution < 1.29 is 9.90 Å². The topological polar surface area (TPSA) is 37.3 Å².